The van der Waals surface area contributed by atoms with Crippen molar-refractivity contribution in [2.45, 2.75) is 37.5 Å². The molecule has 1 N–H and O–H groups in total. The number of likely N-dealkylation sites (tertiary alicyclic amines) is 1. The molecule has 2 heterocycles. The number of alkyl halides is 3. The smallest absolute Gasteiger partial charge is 0.416 e. The second-order valence-electron chi connectivity index (χ2n) is 7.64. The topological polar surface area (TPSA) is 53.4 Å². The molecule has 1 saturated heterocycles. The summed E-state index contributed by atoms with van der Waals surface area (Å²) in [5.74, 6) is -0.994. The van der Waals surface area contributed by atoms with E-state index in [2.05, 4.69) is 4.98 Å². The third-order valence-electron chi connectivity index (χ3n) is 5.76. The predicted molar refractivity (Wildman–Crippen MR) is 112 cm³/mol. The standard InChI is InChI=1S/C23H20ClF3N2O2/c24-18-9-8-14(23(25,26)27)13-17(18)21(29-12-4-3-7-20(29)22(30)31)16-10-11-28-19-6-2-1-5-15(16)19/h1-2,5-6,8-11,13,20-21H,3-4,7,12H2,(H,30,31). The maximum Gasteiger partial charge on any atom is 0.416 e. The molecule has 0 radical (unpaired) electrons. The highest BCUT2D eigenvalue weighted by Crippen LogP contribution is 2.42. The Morgan fingerprint density at radius 3 is 2.65 bits per heavy atom. The fourth-order valence-electron chi connectivity index (χ4n) is 4.34. The van der Waals surface area contributed by atoms with Gasteiger partial charge in [-0.3, -0.25) is 14.7 Å². The summed E-state index contributed by atoms with van der Waals surface area (Å²) in [4.78, 5) is 18.1. The molecule has 0 aliphatic carbocycles. The summed E-state index contributed by atoms with van der Waals surface area (Å²) in [6.07, 6.45) is -1.04. The van der Waals surface area contributed by atoms with Crippen molar-refractivity contribution in [1.29, 1.82) is 0 Å². The van der Waals surface area contributed by atoms with Crippen molar-refractivity contribution in [3.8, 4) is 0 Å². The number of halogens is 4. The quantitative estimate of drug-likeness (QED) is 0.537. The number of rotatable bonds is 4. The number of nitrogens with zero attached hydrogens (tertiary/aromatic N) is 2. The number of hydrogen-bond acceptors (Lipinski definition) is 3. The Labute approximate surface area is 182 Å². The van der Waals surface area contributed by atoms with Crippen molar-refractivity contribution in [1.82, 2.24) is 9.88 Å². The van der Waals surface area contributed by atoms with Crippen LogP contribution in [-0.4, -0.2) is 33.5 Å². The van der Waals surface area contributed by atoms with Gasteiger partial charge in [-0.2, -0.15) is 13.2 Å². The number of aromatic nitrogens is 1. The third-order valence-corrected chi connectivity index (χ3v) is 6.10. The first-order valence-corrected chi connectivity index (χ1v) is 10.3. The van der Waals surface area contributed by atoms with Crippen molar-refractivity contribution in [3.05, 3.63) is 76.4 Å². The molecule has 0 bridgehead atoms. The lowest BCUT2D eigenvalue weighted by Crippen LogP contribution is -2.47. The largest absolute Gasteiger partial charge is 0.480 e. The van der Waals surface area contributed by atoms with E-state index in [1.165, 1.54) is 6.07 Å². The minimum Gasteiger partial charge on any atom is -0.480 e. The predicted octanol–water partition coefficient (Wildman–Crippen LogP) is 5.94. The first-order valence-electron chi connectivity index (χ1n) is 9.96. The van der Waals surface area contributed by atoms with Gasteiger partial charge in [-0.25, -0.2) is 0 Å². The molecule has 1 aliphatic heterocycles. The lowest BCUT2D eigenvalue weighted by Gasteiger charge is -2.40. The molecule has 8 heteroatoms. The van der Waals surface area contributed by atoms with E-state index in [-0.39, 0.29) is 10.6 Å². The average molecular weight is 449 g/mol. The molecule has 1 aromatic heterocycles. The van der Waals surface area contributed by atoms with Crippen molar-refractivity contribution in [2.24, 2.45) is 0 Å². The molecule has 162 valence electrons. The molecular formula is C23H20ClF3N2O2. The summed E-state index contributed by atoms with van der Waals surface area (Å²) in [5.41, 5.74) is 0.775. The van der Waals surface area contributed by atoms with Crippen LogP contribution in [0.3, 0.4) is 0 Å². The summed E-state index contributed by atoms with van der Waals surface area (Å²) in [6.45, 7) is 0.435. The molecule has 2 unspecified atom stereocenters. The first-order chi connectivity index (χ1) is 14.8. The number of carboxylic acids is 1. The van der Waals surface area contributed by atoms with Gasteiger partial charge < -0.3 is 5.11 Å². The molecule has 1 fully saturated rings. The number of piperidine rings is 1. The number of pyridine rings is 1. The van der Waals surface area contributed by atoms with Crippen LogP contribution < -0.4 is 0 Å². The van der Waals surface area contributed by atoms with Gasteiger partial charge in [0.25, 0.3) is 0 Å². The Bertz CT molecular complexity index is 1110. The number of aliphatic carboxylic acids is 1. The molecule has 3 aromatic rings. The lowest BCUT2D eigenvalue weighted by molar-refractivity contribution is -0.145. The van der Waals surface area contributed by atoms with Gasteiger partial charge in [0.1, 0.15) is 6.04 Å². The zero-order valence-electron chi connectivity index (χ0n) is 16.4. The Morgan fingerprint density at radius 2 is 1.90 bits per heavy atom. The molecule has 4 rings (SSSR count). The van der Waals surface area contributed by atoms with E-state index in [9.17, 15) is 23.1 Å². The lowest BCUT2D eigenvalue weighted by atomic mass is 9.89. The van der Waals surface area contributed by atoms with Crippen molar-refractivity contribution < 1.29 is 23.1 Å². The monoisotopic (exact) mass is 448 g/mol. The Hall–Kier alpha value is -2.64. The zero-order valence-corrected chi connectivity index (χ0v) is 17.2. The number of carbonyl (C=O) groups is 1. The number of hydrogen-bond donors (Lipinski definition) is 1. The van der Waals surface area contributed by atoms with Crippen molar-refractivity contribution >= 4 is 28.5 Å². The molecule has 0 spiro atoms. The molecule has 4 nitrogen and oxygen atoms in total. The van der Waals surface area contributed by atoms with Gasteiger partial charge in [0.2, 0.25) is 0 Å². The molecule has 0 amide bonds. The van der Waals surface area contributed by atoms with Gasteiger partial charge in [-0.1, -0.05) is 36.2 Å². The Kier molecular flexibility index (Phi) is 5.90. The van der Waals surface area contributed by atoms with Gasteiger partial charge in [-0.05, 0) is 60.8 Å². The fraction of sp³-hybridized carbons (Fsp3) is 0.304. The molecular weight excluding hydrogens is 429 g/mol. The molecule has 2 aromatic carbocycles. The maximum atomic E-state index is 13.5. The minimum atomic E-state index is -4.54. The van der Waals surface area contributed by atoms with Gasteiger partial charge in [-0.15, -0.1) is 0 Å². The third kappa shape index (κ3) is 4.25. The van der Waals surface area contributed by atoms with E-state index in [1.807, 2.05) is 24.3 Å². The SMILES string of the molecule is O=C(O)C1CCCCN1C(c1cc(C(F)(F)F)ccc1Cl)c1ccnc2ccccc12. The summed E-state index contributed by atoms with van der Waals surface area (Å²) in [7, 11) is 0. The number of carboxylic acid groups (broad SMARTS) is 1. The fourth-order valence-corrected chi connectivity index (χ4v) is 4.56. The normalized spacial score (nSPS) is 18.8. The number of para-hydroxylation sites is 1. The minimum absolute atomic E-state index is 0.161. The summed E-state index contributed by atoms with van der Waals surface area (Å²) in [6, 6.07) is 10.7. The molecule has 0 saturated carbocycles. The molecule has 1 aliphatic rings. The van der Waals surface area contributed by atoms with Crippen LogP contribution in [0.5, 0.6) is 0 Å². The second-order valence-corrected chi connectivity index (χ2v) is 8.05. The number of fused-ring (bicyclic) bond motifs is 1. The first kappa shape index (κ1) is 21.6. The molecule has 31 heavy (non-hydrogen) atoms. The summed E-state index contributed by atoms with van der Waals surface area (Å²) >= 11 is 6.43. The molecule has 2 atom stereocenters. The van der Waals surface area contributed by atoms with E-state index in [1.54, 1.807) is 17.2 Å². The van der Waals surface area contributed by atoms with Crippen LogP contribution in [0.2, 0.25) is 5.02 Å². The van der Waals surface area contributed by atoms with E-state index in [0.717, 1.165) is 30.4 Å². The van der Waals surface area contributed by atoms with Crippen molar-refractivity contribution in [2.75, 3.05) is 6.54 Å². The van der Waals surface area contributed by atoms with E-state index in [0.29, 0.717) is 24.0 Å². The Morgan fingerprint density at radius 1 is 1.13 bits per heavy atom. The highest BCUT2D eigenvalue weighted by molar-refractivity contribution is 6.31. The van der Waals surface area contributed by atoms with E-state index >= 15 is 0 Å². The number of benzene rings is 2. The highest BCUT2D eigenvalue weighted by atomic mass is 35.5. The van der Waals surface area contributed by atoms with Crippen LogP contribution in [0, 0.1) is 0 Å². The van der Waals surface area contributed by atoms with Crippen LogP contribution in [0.25, 0.3) is 10.9 Å². The van der Waals surface area contributed by atoms with Gasteiger partial charge >= 0.3 is 12.1 Å². The van der Waals surface area contributed by atoms with Gasteiger partial charge in [0.05, 0.1) is 17.1 Å². The Balaban J connectivity index is 1.97. The second kappa shape index (κ2) is 8.48. The van der Waals surface area contributed by atoms with Crippen LogP contribution in [0.4, 0.5) is 13.2 Å². The average Bonchev–Trinajstić information content (AvgIpc) is 2.75. The summed E-state index contributed by atoms with van der Waals surface area (Å²) < 4.78 is 40.5. The zero-order chi connectivity index (χ0) is 22.2. The van der Waals surface area contributed by atoms with Crippen molar-refractivity contribution in [3.63, 3.8) is 0 Å². The van der Waals surface area contributed by atoms with Crippen LogP contribution in [-0.2, 0) is 11.0 Å². The van der Waals surface area contributed by atoms with Crippen LogP contribution in [0.15, 0.2) is 54.7 Å². The highest BCUT2D eigenvalue weighted by Gasteiger charge is 2.38. The maximum absolute atomic E-state index is 13.5. The van der Waals surface area contributed by atoms with Gasteiger partial charge in [0.15, 0.2) is 0 Å². The summed E-state index contributed by atoms with van der Waals surface area (Å²) in [5, 5.41) is 10.8. The van der Waals surface area contributed by atoms with E-state index < -0.39 is 29.8 Å². The van der Waals surface area contributed by atoms with Gasteiger partial charge in [0, 0.05) is 16.6 Å². The van der Waals surface area contributed by atoms with Crippen LogP contribution >= 0.6 is 11.6 Å². The van der Waals surface area contributed by atoms with Crippen LogP contribution in [0.1, 0.15) is 42.0 Å². The van der Waals surface area contributed by atoms with E-state index in [4.69, 9.17) is 11.6 Å².